The van der Waals surface area contributed by atoms with E-state index in [4.69, 9.17) is 4.74 Å². The zero-order chi connectivity index (χ0) is 18.7. The summed E-state index contributed by atoms with van der Waals surface area (Å²) in [5.74, 6) is 0.137. The third-order valence-electron chi connectivity index (χ3n) is 4.58. The number of halogens is 1. The summed E-state index contributed by atoms with van der Waals surface area (Å²) in [6.45, 7) is 3.45. The molecule has 0 amide bonds. The van der Waals surface area contributed by atoms with Crippen molar-refractivity contribution < 1.29 is 17.5 Å². The molecule has 1 aliphatic heterocycles. The summed E-state index contributed by atoms with van der Waals surface area (Å²) in [7, 11) is -2.30. The SMILES string of the molecule is COc1ccc(S(=O)(=O)Nc2cc(F)ccc2N2CCCCC2)cc1C. The molecule has 1 fully saturated rings. The normalized spacial score (nSPS) is 15.0. The van der Waals surface area contributed by atoms with Gasteiger partial charge in [0.25, 0.3) is 10.0 Å². The van der Waals surface area contributed by atoms with E-state index < -0.39 is 15.8 Å². The second kappa shape index (κ2) is 7.53. The monoisotopic (exact) mass is 378 g/mol. The van der Waals surface area contributed by atoms with Crippen LogP contribution < -0.4 is 14.4 Å². The largest absolute Gasteiger partial charge is 0.496 e. The van der Waals surface area contributed by atoms with Crippen LogP contribution in [0.15, 0.2) is 41.3 Å². The fraction of sp³-hybridized carbons (Fsp3) is 0.368. The zero-order valence-electron chi connectivity index (χ0n) is 15.0. The van der Waals surface area contributed by atoms with Crippen molar-refractivity contribution in [3.8, 4) is 5.75 Å². The number of hydrogen-bond acceptors (Lipinski definition) is 4. The highest BCUT2D eigenvalue weighted by Crippen LogP contribution is 2.31. The molecule has 1 heterocycles. The van der Waals surface area contributed by atoms with Crippen molar-refractivity contribution in [2.75, 3.05) is 29.8 Å². The first-order valence-corrected chi connectivity index (χ1v) is 10.1. The van der Waals surface area contributed by atoms with Gasteiger partial charge in [-0.25, -0.2) is 12.8 Å². The quantitative estimate of drug-likeness (QED) is 0.856. The van der Waals surface area contributed by atoms with Gasteiger partial charge in [0, 0.05) is 19.2 Å². The number of rotatable bonds is 5. The second-order valence-corrected chi connectivity index (χ2v) is 8.13. The van der Waals surface area contributed by atoms with Gasteiger partial charge in [0.2, 0.25) is 0 Å². The molecule has 3 rings (SSSR count). The summed E-state index contributed by atoms with van der Waals surface area (Å²) < 4.78 is 47.1. The van der Waals surface area contributed by atoms with Gasteiger partial charge in [0.05, 0.1) is 23.4 Å². The minimum atomic E-state index is -3.84. The van der Waals surface area contributed by atoms with Crippen LogP contribution >= 0.6 is 0 Å². The van der Waals surface area contributed by atoms with E-state index in [-0.39, 0.29) is 10.6 Å². The molecule has 0 aromatic heterocycles. The molecular weight excluding hydrogens is 355 g/mol. The van der Waals surface area contributed by atoms with Crippen LogP contribution in [0.5, 0.6) is 5.75 Å². The summed E-state index contributed by atoms with van der Waals surface area (Å²) >= 11 is 0. The van der Waals surface area contributed by atoms with Crippen LogP contribution in [0.1, 0.15) is 24.8 Å². The molecule has 1 saturated heterocycles. The molecule has 1 aliphatic rings. The first-order valence-electron chi connectivity index (χ1n) is 8.63. The Morgan fingerprint density at radius 1 is 1.08 bits per heavy atom. The Kier molecular flexibility index (Phi) is 5.36. The number of aryl methyl sites for hydroxylation is 1. The standard InChI is InChI=1S/C19H23FN2O3S/c1-14-12-16(7-9-19(14)25-2)26(23,24)21-17-13-15(20)6-8-18(17)22-10-4-3-5-11-22/h6-9,12-13,21H,3-5,10-11H2,1-2H3. The lowest BCUT2D eigenvalue weighted by molar-refractivity contribution is 0.411. The molecular formula is C19H23FN2O3S. The number of hydrogen-bond donors (Lipinski definition) is 1. The van der Waals surface area contributed by atoms with Crippen molar-refractivity contribution in [2.24, 2.45) is 0 Å². The Labute approximate surface area is 153 Å². The van der Waals surface area contributed by atoms with Crippen molar-refractivity contribution in [3.05, 3.63) is 47.8 Å². The molecule has 0 radical (unpaired) electrons. The van der Waals surface area contributed by atoms with E-state index in [2.05, 4.69) is 9.62 Å². The maximum Gasteiger partial charge on any atom is 0.261 e. The fourth-order valence-electron chi connectivity index (χ4n) is 3.22. The first-order chi connectivity index (χ1) is 12.4. The average molecular weight is 378 g/mol. The Morgan fingerprint density at radius 3 is 2.46 bits per heavy atom. The van der Waals surface area contributed by atoms with Gasteiger partial charge in [0.15, 0.2) is 0 Å². The molecule has 0 saturated carbocycles. The third-order valence-corrected chi connectivity index (χ3v) is 5.94. The highest BCUT2D eigenvalue weighted by atomic mass is 32.2. The molecule has 1 N–H and O–H groups in total. The van der Waals surface area contributed by atoms with Crippen LogP contribution in [0.4, 0.5) is 15.8 Å². The van der Waals surface area contributed by atoms with Gasteiger partial charge >= 0.3 is 0 Å². The van der Waals surface area contributed by atoms with Gasteiger partial charge < -0.3 is 9.64 Å². The van der Waals surface area contributed by atoms with Crippen molar-refractivity contribution in [1.82, 2.24) is 0 Å². The highest BCUT2D eigenvalue weighted by molar-refractivity contribution is 7.92. The lowest BCUT2D eigenvalue weighted by Gasteiger charge is -2.30. The van der Waals surface area contributed by atoms with E-state index in [1.165, 1.54) is 25.3 Å². The Morgan fingerprint density at radius 2 is 1.81 bits per heavy atom. The van der Waals surface area contributed by atoms with Crippen LogP contribution in [0.2, 0.25) is 0 Å². The third kappa shape index (κ3) is 3.93. The predicted octanol–water partition coefficient (Wildman–Crippen LogP) is 3.93. The Hall–Kier alpha value is -2.28. The molecule has 0 atom stereocenters. The van der Waals surface area contributed by atoms with E-state index in [1.807, 2.05) is 0 Å². The molecule has 2 aromatic rings. The van der Waals surface area contributed by atoms with Crippen molar-refractivity contribution in [2.45, 2.75) is 31.1 Å². The average Bonchev–Trinajstić information content (AvgIpc) is 2.62. The number of nitrogens with one attached hydrogen (secondary N) is 1. The van der Waals surface area contributed by atoms with Gasteiger partial charge in [-0.3, -0.25) is 4.72 Å². The van der Waals surface area contributed by atoms with Gasteiger partial charge in [-0.2, -0.15) is 0 Å². The predicted molar refractivity (Wildman–Crippen MR) is 101 cm³/mol. The molecule has 0 unspecified atom stereocenters. The van der Waals surface area contributed by atoms with E-state index in [0.29, 0.717) is 17.0 Å². The van der Waals surface area contributed by atoms with E-state index in [9.17, 15) is 12.8 Å². The number of ether oxygens (including phenoxy) is 1. The van der Waals surface area contributed by atoms with Crippen LogP contribution in [0, 0.1) is 12.7 Å². The van der Waals surface area contributed by atoms with Gasteiger partial charge in [-0.1, -0.05) is 0 Å². The fourth-order valence-corrected chi connectivity index (χ4v) is 4.37. The van der Waals surface area contributed by atoms with Crippen molar-refractivity contribution in [1.29, 1.82) is 0 Å². The summed E-state index contributed by atoms with van der Waals surface area (Å²) in [5.41, 5.74) is 1.69. The van der Waals surface area contributed by atoms with Crippen LogP contribution in [0.3, 0.4) is 0 Å². The second-order valence-electron chi connectivity index (χ2n) is 6.45. The smallest absolute Gasteiger partial charge is 0.261 e. The lowest BCUT2D eigenvalue weighted by Crippen LogP contribution is -2.30. The van der Waals surface area contributed by atoms with Gasteiger partial charge in [-0.05, 0) is 62.1 Å². The number of methoxy groups -OCH3 is 1. The van der Waals surface area contributed by atoms with Crippen LogP contribution in [-0.4, -0.2) is 28.6 Å². The van der Waals surface area contributed by atoms with Gasteiger partial charge in [0.1, 0.15) is 11.6 Å². The number of anilines is 2. The maximum absolute atomic E-state index is 13.8. The Bertz CT molecular complexity index is 894. The van der Waals surface area contributed by atoms with Gasteiger partial charge in [-0.15, -0.1) is 0 Å². The number of nitrogens with zero attached hydrogens (tertiary/aromatic N) is 1. The van der Waals surface area contributed by atoms with Crippen molar-refractivity contribution >= 4 is 21.4 Å². The Balaban J connectivity index is 1.94. The summed E-state index contributed by atoms with van der Waals surface area (Å²) in [5, 5.41) is 0. The summed E-state index contributed by atoms with van der Waals surface area (Å²) in [6, 6.07) is 8.87. The molecule has 26 heavy (non-hydrogen) atoms. The van der Waals surface area contributed by atoms with E-state index >= 15 is 0 Å². The van der Waals surface area contributed by atoms with E-state index in [1.54, 1.807) is 25.1 Å². The maximum atomic E-state index is 13.8. The number of sulfonamides is 1. The summed E-state index contributed by atoms with van der Waals surface area (Å²) in [4.78, 5) is 2.21. The zero-order valence-corrected chi connectivity index (χ0v) is 15.8. The molecule has 5 nitrogen and oxygen atoms in total. The number of benzene rings is 2. The molecule has 2 aromatic carbocycles. The van der Waals surface area contributed by atoms with Crippen LogP contribution in [-0.2, 0) is 10.0 Å². The minimum absolute atomic E-state index is 0.115. The molecule has 7 heteroatoms. The molecule has 0 aliphatic carbocycles. The topological polar surface area (TPSA) is 58.6 Å². The first kappa shape index (κ1) is 18.5. The molecule has 0 spiro atoms. The number of piperidine rings is 1. The lowest BCUT2D eigenvalue weighted by atomic mass is 10.1. The van der Waals surface area contributed by atoms with E-state index in [0.717, 1.165) is 32.4 Å². The van der Waals surface area contributed by atoms with Crippen LogP contribution in [0.25, 0.3) is 0 Å². The molecule has 0 bridgehead atoms. The summed E-state index contributed by atoms with van der Waals surface area (Å²) in [6.07, 6.45) is 3.24. The highest BCUT2D eigenvalue weighted by Gasteiger charge is 2.21. The minimum Gasteiger partial charge on any atom is -0.496 e. The molecule has 140 valence electrons. The van der Waals surface area contributed by atoms with Crippen molar-refractivity contribution in [3.63, 3.8) is 0 Å².